The van der Waals surface area contributed by atoms with E-state index in [9.17, 15) is 0 Å². The van der Waals surface area contributed by atoms with Crippen molar-refractivity contribution in [3.8, 4) is 5.88 Å². The van der Waals surface area contributed by atoms with Crippen LogP contribution in [0.5, 0.6) is 5.88 Å². The summed E-state index contributed by atoms with van der Waals surface area (Å²) in [4.78, 5) is 8.60. The molecule has 1 aliphatic rings. The van der Waals surface area contributed by atoms with E-state index in [1.165, 1.54) is 0 Å². The van der Waals surface area contributed by atoms with Gasteiger partial charge in [-0.2, -0.15) is 9.37 Å². The van der Waals surface area contributed by atoms with E-state index in [-0.39, 0.29) is 23.8 Å². The van der Waals surface area contributed by atoms with E-state index >= 15 is 4.39 Å². The van der Waals surface area contributed by atoms with E-state index in [4.69, 9.17) is 23.7 Å². The van der Waals surface area contributed by atoms with E-state index in [1.54, 1.807) is 6.92 Å². The molecular formula is C26H45FN2O5. The van der Waals surface area contributed by atoms with E-state index in [1.807, 2.05) is 0 Å². The van der Waals surface area contributed by atoms with Crippen LogP contribution in [0, 0.1) is 12.9 Å². The Kier molecular flexibility index (Phi) is 13.9. The van der Waals surface area contributed by atoms with Crippen molar-refractivity contribution in [3.63, 3.8) is 0 Å². The standard InChI is InChI=1S/C26H45FN2O5/c1-6-10-14-30-18-20-22(31-15-11-7-2)24(32-16-12-8-3)23(34-20)21-25(27)29-26(19(5)28-21)33-17-13-9-4/h20,22-24H,6-18H2,1-5H3/t20-,22?,23+,24+/m1/s1. The fraction of sp³-hybridized carbons (Fsp3) is 0.846. The molecule has 1 aliphatic heterocycles. The summed E-state index contributed by atoms with van der Waals surface area (Å²) < 4.78 is 45.5. The van der Waals surface area contributed by atoms with Crippen molar-refractivity contribution in [1.82, 2.24) is 9.97 Å². The Balaban J connectivity index is 2.27. The zero-order chi connectivity index (χ0) is 24.8. The molecule has 1 aromatic rings. The van der Waals surface area contributed by atoms with Crippen molar-refractivity contribution in [2.75, 3.05) is 33.0 Å². The fourth-order valence-electron chi connectivity index (χ4n) is 3.77. The Morgan fingerprint density at radius 3 is 2.03 bits per heavy atom. The molecule has 0 radical (unpaired) electrons. The zero-order valence-corrected chi connectivity index (χ0v) is 21.8. The molecule has 4 atom stereocenters. The maximum Gasteiger partial charge on any atom is 0.240 e. The van der Waals surface area contributed by atoms with Crippen molar-refractivity contribution in [1.29, 1.82) is 0 Å². The van der Waals surface area contributed by atoms with Crippen LogP contribution in [0.15, 0.2) is 0 Å². The first-order valence-electron chi connectivity index (χ1n) is 13.2. The summed E-state index contributed by atoms with van der Waals surface area (Å²) in [6, 6.07) is 0. The molecule has 8 heteroatoms. The highest BCUT2D eigenvalue weighted by Crippen LogP contribution is 2.38. The molecule has 0 saturated carbocycles. The average molecular weight is 485 g/mol. The van der Waals surface area contributed by atoms with Gasteiger partial charge in [0.1, 0.15) is 30.1 Å². The predicted molar refractivity (Wildman–Crippen MR) is 130 cm³/mol. The Morgan fingerprint density at radius 2 is 1.38 bits per heavy atom. The summed E-state index contributed by atoms with van der Waals surface area (Å²) in [5, 5.41) is 0. The van der Waals surface area contributed by atoms with Gasteiger partial charge in [0.2, 0.25) is 11.8 Å². The van der Waals surface area contributed by atoms with Gasteiger partial charge in [-0.05, 0) is 32.6 Å². The molecule has 2 heterocycles. The van der Waals surface area contributed by atoms with Crippen LogP contribution < -0.4 is 4.74 Å². The van der Waals surface area contributed by atoms with E-state index in [0.29, 0.717) is 38.7 Å². The molecule has 0 aliphatic carbocycles. The largest absolute Gasteiger partial charge is 0.476 e. The van der Waals surface area contributed by atoms with Crippen LogP contribution in [0.1, 0.15) is 96.6 Å². The number of halogens is 1. The van der Waals surface area contributed by atoms with Crippen LogP contribution in [-0.4, -0.2) is 61.3 Å². The monoisotopic (exact) mass is 484 g/mol. The lowest BCUT2D eigenvalue weighted by Crippen LogP contribution is -2.38. The average Bonchev–Trinajstić information content (AvgIpc) is 3.16. The minimum Gasteiger partial charge on any atom is -0.476 e. The molecule has 0 aromatic carbocycles. The number of ether oxygens (including phenoxy) is 5. The van der Waals surface area contributed by atoms with Gasteiger partial charge in [-0.3, -0.25) is 0 Å². The van der Waals surface area contributed by atoms with Crippen LogP contribution in [0.2, 0.25) is 0 Å². The van der Waals surface area contributed by atoms with Crippen molar-refractivity contribution in [2.24, 2.45) is 0 Å². The van der Waals surface area contributed by atoms with Crippen molar-refractivity contribution in [3.05, 3.63) is 17.3 Å². The van der Waals surface area contributed by atoms with Crippen LogP contribution in [0.4, 0.5) is 4.39 Å². The molecule has 0 spiro atoms. The van der Waals surface area contributed by atoms with Gasteiger partial charge < -0.3 is 23.7 Å². The lowest BCUT2D eigenvalue weighted by atomic mass is 10.0. The highest BCUT2D eigenvalue weighted by Gasteiger charge is 2.49. The fourth-order valence-corrected chi connectivity index (χ4v) is 3.77. The second-order valence-corrected chi connectivity index (χ2v) is 8.89. The van der Waals surface area contributed by atoms with Gasteiger partial charge in [-0.15, -0.1) is 0 Å². The lowest BCUT2D eigenvalue weighted by Gasteiger charge is -2.25. The van der Waals surface area contributed by atoms with E-state index in [0.717, 1.165) is 51.4 Å². The number of aromatic nitrogens is 2. The van der Waals surface area contributed by atoms with Gasteiger partial charge in [0.25, 0.3) is 0 Å². The summed E-state index contributed by atoms with van der Waals surface area (Å²) in [7, 11) is 0. The molecule has 1 aromatic heterocycles. The smallest absolute Gasteiger partial charge is 0.240 e. The molecule has 0 amide bonds. The number of nitrogens with zero attached hydrogens (tertiary/aromatic N) is 2. The second-order valence-electron chi connectivity index (χ2n) is 8.89. The quantitative estimate of drug-likeness (QED) is 0.246. The topological polar surface area (TPSA) is 71.9 Å². The lowest BCUT2D eigenvalue weighted by molar-refractivity contribution is -0.0795. The first kappa shape index (κ1) is 28.9. The van der Waals surface area contributed by atoms with Gasteiger partial charge >= 0.3 is 0 Å². The Morgan fingerprint density at radius 1 is 0.794 bits per heavy atom. The molecule has 0 bridgehead atoms. The Hall–Kier alpha value is -1.35. The molecule has 34 heavy (non-hydrogen) atoms. The van der Waals surface area contributed by atoms with Crippen LogP contribution in [-0.2, 0) is 18.9 Å². The van der Waals surface area contributed by atoms with Crippen LogP contribution >= 0.6 is 0 Å². The maximum absolute atomic E-state index is 15.2. The summed E-state index contributed by atoms with van der Waals surface area (Å²) in [6.45, 7) is 12.8. The van der Waals surface area contributed by atoms with Gasteiger partial charge in [0, 0.05) is 19.8 Å². The number of hydrogen-bond donors (Lipinski definition) is 0. The van der Waals surface area contributed by atoms with Gasteiger partial charge in [0.15, 0.2) is 0 Å². The molecule has 196 valence electrons. The molecule has 1 fully saturated rings. The highest BCUT2D eigenvalue weighted by molar-refractivity contribution is 5.22. The summed E-state index contributed by atoms with van der Waals surface area (Å²) >= 11 is 0. The molecule has 2 rings (SSSR count). The number of aryl methyl sites for hydroxylation is 1. The minimum atomic E-state index is -0.723. The van der Waals surface area contributed by atoms with Gasteiger partial charge in [0.05, 0.1) is 18.9 Å². The third-order valence-corrected chi connectivity index (χ3v) is 5.87. The second kappa shape index (κ2) is 16.3. The summed E-state index contributed by atoms with van der Waals surface area (Å²) in [5.41, 5.74) is 0.677. The van der Waals surface area contributed by atoms with Gasteiger partial charge in [-0.25, -0.2) is 4.98 Å². The van der Waals surface area contributed by atoms with Crippen molar-refractivity contribution in [2.45, 2.75) is 110 Å². The minimum absolute atomic E-state index is 0.141. The molecular weight excluding hydrogens is 439 g/mol. The van der Waals surface area contributed by atoms with E-state index < -0.39 is 18.2 Å². The maximum atomic E-state index is 15.2. The predicted octanol–water partition coefficient (Wildman–Crippen LogP) is 5.73. The van der Waals surface area contributed by atoms with Crippen molar-refractivity contribution < 1.29 is 28.1 Å². The Bertz CT molecular complexity index is 693. The molecule has 0 N–H and O–H groups in total. The SMILES string of the molecule is CCCCOC[C@H]1O[C@@H](c2nc(C)c(OCCCC)nc2F)[C@@H](OCCCC)C1OCCCC. The third kappa shape index (κ3) is 8.70. The summed E-state index contributed by atoms with van der Waals surface area (Å²) in [6.07, 6.45) is 5.81. The summed E-state index contributed by atoms with van der Waals surface area (Å²) in [5.74, 6) is -0.461. The highest BCUT2D eigenvalue weighted by atomic mass is 19.1. The van der Waals surface area contributed by atoms with E-state index in [2.05, 4.69) is 37.7 Å². The van der Waals surface area contributed by atoms with Crippen LogP contribution in [0.25, 0.3) is 0 Å². The Labute approximate surface area is 205 Å². The molecule has 7 nitrogen and oxygen atoms in total. The third-order valence-electron chi connectivity index (χ3n) is 5.87. The number of unbranched alkanes of at least 4 members (excludes halogenated alkanes) is 4. The van der Waals surface area contributed by atoms with Crippen molar-refractivity contribution >= 4 is 0 Å². The zero-order valence-electron chi connectivity index (χ0n) is 21.8. The van der Waals surface area contributed by atoms with Gasteiger partial charge in [-0.1, -0.05) is 53.4 Å². The first-order valence-corrected chi connectivity index (χ1v) is 13.2. The molecule has 1 saturated heterocycles. The number of hydrogen-bond acceptors (Lipinski definition) is 7. The van der Waals surface area contributed by atoms with Crippen LogP contribution in [0.3, 0.4) is 0 Å². The first-order chi connectivity index (χ1) is 16.6. The number of rotatable bonds is 18. The normalized spacial score (nSPS) is 22.4. The molecule has 1 unspecified atom stereocenters.